The smallest absolute Gasteiger partial charge is 0.00700 e. The Morgan fingerprint density at radius 3 is 2.44 bits per heavy atom. The Kier molecular flexibility index (Phi) is 5.77. The van der Waals surface area contributed by atoms with Crippen LogP contribution in [0.3, 0.4) is 0 Å². The summed E-state index contributed by atoms with van der Waals surface area (Å²) in [7, 11) is 0. The maximum absolute atomic E-state index is 5.85. The molecule has 2 nitrogen and oxygen atoms in total. The molecular weight excluding hydrogens is 196 g/mol. The van der Waals surface area contributed by atoms with Gasteiger partial charge in [-0.15, -0.1) is 0 Å². The van der Waals surface area contributed by atoms with E-state index in [1.165, 1.54) is 32.4 Å². The van der Waals surface area contributed by atoms with Gasteiger partial charge in [-0.1, -0.05) is 20.8 Å². The van der Waals surface area contributed by atoms with E-state index in [4.69, 9.17) is 5.73 Å². The summed E-state index contributed by atoms with van der Waals surface area (Å²) in [6.45, 7) is 12.7. The van der Waals surface area contributed by atoms with Crippen LogP contribution in [0.1, 0.15) is 47.0 Å². The van der Waals surface area contributed by atoms with Crippen LogP contribution < -0.4 is 5.73 Å². The average Bonchev–Trinajstić information content (AvgIpc) is 2.51. The van der Waals surface area contributed by atoms with E-state index in [0.29, 0.717) is 0 Å². The number of likely N-dealkylation sites (tertiary alicyclic amines) is 1. The van der Waals surface area contributed by atoms with E-state index in [1.54, 1.807) is 0 Å². The Morgan fingerprint density at radius 2 is 2.00 bits per heavy atom. The van der Waals surface area contributed by atoms with Crippen molar-refractivity contribution in [2.45, 2.75) is 53.0 Å². The molecule has 96 valence electrons. The Morgan fingerprint density at radius 1 is 1.31 bits per heavy atom. The Bertz CT molecular complexity index is 191. The first-order valence-electron chi connectivity index (χ1n) is 6.97. The SMILES string of the molecule is CC(C)CC(CN)CCN1CC(C)CC1C. The second-order valence-corrected chi connectivity index (χ2v) is 6.20. The van der Waals surface area contributed by atoms with Crippen LogP contribution in [0, 0.1) is 17.8 Å². The molecule has 0 aliphatic carbocycles. The van der Waals surface area contributed by atoms with Gasteiger partial charge in [-0.3, -0.25) is 0 Å². The average molecular weight is 226 g/mol. The molecule has 1 fully saturated rings. The maximum Gasteiger partial charge on any atom is 0.00700 e. The molecule has 1 aliphatic rings. The van der Waals surface area contributed by atoms with Crippen LogP contribution in [0.15, 0.2) is 0 Å². The first kappa shape index (κ1) is 14.0. The van der Waals surface area contributed by atoms with Crippen molar-refractivity contribution in [2.24, 2.45) is 23.5 Å². The fraction of sp³-hybridized carbons (Fsp3) is 1.00. The molecule has 1 rings (SSSR count). The highest BCUT2D eigenvalue weighted by molar-refractivity contribution is 4.80. The predicted molar refractivity (Wildman–Crippen MR) is 71.4 cm³/mol. The van der Waals surface area contributed by atoms with Gasteiger partial charge in [-0.2, -0.15) is 0 Å². The highest BCUT2D eigenvalue weighted by Crippen LogP contribution is 2.24. The number of nitrogens with two attached hydrogens (primary N) is 1. The quantitative estimate of drug-likeness (QED) is 0.754. The summed E-state index contributed by atoms with van der Waals surface area (Å²) < 4.78 is 0. The van der Waals surface area contributed by atoms with Crippen LogP contribution in [0.25, 0.3) is 0 Å². The third-order valence-corrected chi connectivity index (χ3v) is 3.88. The molecule has 1 heterocycles. The van der Waals surface area contributed by atoms with Crippen molar-refractivity contribution < 1.29 is 0 Å². The minimum atomic E-state index is 0.725. The topological polar surface area (TPSA) is 29.3 Å². The summed E-state index contributed by atoms with van der Waals surface area (Å²) in [5, 5.41) is 0. The summed E-state index contributed by atoms with van der Waals surface area (Å²) in [6, 6.07) is 0.785. The molecule has 0 aromatic heterocycles. The van der Waals surface area contributed by atoms with E-state index in [-0.39, 0.29) is 0 Å². The van der Waals surface area contributed by atoms with Gasteiger partial charge in [0.1, 0.15) is 0 Å². The van der Waals surface area contributed by atoms with Crippen LogP contribution in [-0.4, -0.2) is 30.6 Å². The van der Waals surface area contributed by atoms with Crippen molar-refractivity contribution in [1.82, 2.24) is 4.90 Å². The summed E-state index contributed by atoms with van der Waals surface area (Å²) in [4.78, 5) is 2.65. The van der Waals surface area contributed by atoms with Crippen molar-refractivity contribution in [3.05, 3.63) is 0 Å². The molecule has 2 N–H and O–H groups in total. The molecule has 1 aliphatic heterocycles. The Labute approximate surface area is 102 Å². The van der Waals surface area contributed by atoms with E-state index in [2.05, 4.69) is 32.6 Å². The van der Waals surface area contributed by atoms with Gasteiger partial charge in [0.15, 0.2) is 0 Å². The first-order chi connectivity index (χ1) is 7.52. The zero-order valence-electron chi connectivity index (χ0n) is 11.6. The van der Waals surface area contributed by atoms with E-state index in [0.717, 1.165) is 30.3 Å². The number of rotatable bonds is 6. The van der Waals surface area contributed by atoms with Gasteiger partial charge in [-0.05, 0) is 57.0 Å². The largest absolute Gasteiger partial charge is 0.330 e. The molecule has 0 bridgehead atoms. The summed E-state index contributed by atoms with van der Waals surface area (Å²) in [5.74, 6) is 2.39. The van der Waals surface area contributed by atoms with Crippen molar-refractivity contribution in [3.8, 4) is 0 Å². The zero-order chi connectivity index (χ0) is 12.1. The van der Waals surface area contributed by atoms with Crippen LogP contribution in [-0.2, 0) is 0 Å². The molecule has 3 unspecified atom stereocenters. The van der Waals surface area contributed by atoms with Crippen molar-refractivity contribution in [3.63, 3.8) is 0 Å². The van der Waals surface area contributed by atoms with Crippen molar-refractivity contribution in [2.75, 3.05) is 19.6 Å². The molecule has 0 saturated carbocycles. The van der Waals surface area contributed by atoms with Gasteiger partial charge in [0.2, 0.25) is 0 Å². The van der Waals surface area contributed by atoms with E-state index in [9.17, 15) is 0 Å². The third-order valence-electron chi connectivity index (χ3n) is 3.88. The molecule has 0 radical (unpaired) electrons. The molecule has 0 spiro atoms. The van der Waals surface area contributed by atoms with Gasteiger partial charge in [-0.25, -0.2) is 0 Å². The molecule has 0 aromatic rings. The molecule has 16 heavy (non-hydrogen) atoms. The molecule has 3 atom stereocenters. The highest BCUT2D eigenvalue weighted by atomic mass is 15.2. The fourth-order valence-electron chi connectivity index (χ4n) is 3.04. The molecule has 1 saturated heterocycles. The first-order valence-corrected chi connectivity index (χ1v) is 6.97. The fourth-order valence-corrected chi connectivity index (χ4v) is 3.04. The minimum Gasteiger partial charge on any atom is -0.330 e. The normalized spacial score (nSPS) is 28.9. The second kappa shape index (κ2) is 6.61. The molecule has 0 aromatic carbocycles. The van der Waals surface area contributed by atoms with Gasteiger partial charge in [0, 0.05) is 12.6 Å². The third kappa shape index (κ3) is 4.42. The maximum atomic E-state index is 5.85. The molecule has 0 amide bonds. The number of nitrogens with zero attached hydrogens (tertiary/aromatic N) is 1. The van der Waals surface area contributed by atoms with Crippen LogP contribution >= 0.6 is 0 Å². The van der Waals surface area contributed by atoms with Crippen molar-refractivity contribution >= 4 is 0 Å². The van der Waals surface area contributed by atoms with E-state index >= 15 is 0 Å². The van der Waals surface area contributed by atoms with Gasteiger partial charge >= 0.3 is 0 Å². The summed E-state index contributed by atoms with van der Waals surface area (Å²) in [6.07, 6.45) is 3.94. The zero-order valence-corrected chi connectivity index (χ0v) is 11.6. The Balaban J connectivity index is 2.26. The van der Waals surface area contributed by atoms with Gasteiger partial charge in [0.05, 0.1) is 0 Å². The molecule has 2 heteroatoms. The summed E-state index contributed by atoms with van der Waals surface area (Å²) in [5.41, 5.74) is 5.85. The van der Waals surface area contributed by atoms with E-state index < -0.39 is 0 Å². The van der Waals surface area contributed by atoms with E-state index in [1.807, 2.05) is 0 Å². The lowest BCUT2D eigenvalue weighted by molar-refractivity contribution is 0.235. The predicted octanol–water partition coefficient (Wildman–Crippen LogP) is 2.73. The lowest BCUT2D eigenvalue weighted by Crippen LogP contribution is -2.31. The lowest BCUT2D eigenvalue weighted by atomic mass is 9.94. The highest BCUT2D eigenvalue weighted by Gasteiger charge is 2.26. The summed E-state index contributed by atoms with van der Waals surface area (Å²) >= 11 is 0. The number of hydrogen-bond donors (Lipinski definition) is 1. The van der Waals surface area contributed by atoms with Crippen LogP contribution in [0.2, 0.25) is 0 Å². The second-order valence-electron chi connectivity index (χ2n) is 6.20. The molecular formula is C14H30N2. The Hall–Kier alpha value is -0.0800. The standard InChI is InChI=1S/C14H30N2/c1-11(2)7-14(9-15)5-6-16-10-12(3)8-13(16)4/h11-14H,5-10,15H2,1-4H3. The van der Waals surface area contributed by atoms with Crippen LogP contribution in [0.4, 0.5) is 0 Å². The lowest BCUT2D eigenvalue weighted by Gasteiger charge is -2.24. The minimum absolute atomic E-state index is 0.725. The monoisotopic (exact) mass is 226 g/mol. The van der Waals surface area contributed by atoms with Crippen LogP contribution in [0.5, 0.6) is 0 Å². The van der Waals surface area contributed by atoms with Gasteiger partial charge < -0.3 is 10.6 Å². The number of hydrogen-bond acceptors (Lipinski definition) is 2. The van der Waals surface area contributed by atoms with Crippen molar-refractivity contribution in [1.29, 1.82) is 0 Å². The van der Waals surface area contributed by atoms with Gasteiger partial charge in [0.25, 0.3) is 0 Å².